The predicted molar refractivity (Wildman–Crippen MR) is 88.0 cm³/mol. The van der Waals surface area contributed by atoms with Crippen LogP contribution in [-0.2, 0) is 16.2 Å². The Morgan fingerprint density at radius 3 is 2.38 bits per heavy atom. The summed E-state index contributed by atoms with van der Waals surface area (Å²) in [6.45, 7) is 0. The lowest BCUT2D eigenvalue weighted by Gasteiger charge is -2.13. The van der Waals surface area contributed by atoms with Crippen molar-refractivity contribution in [1.29, 1.82) is 0 Å². The van der Waals surface area contributed by atoms with E-state index in [9.17, 15) is 21.6 Å². The molecule has 4 nitrogen and oxygen atoms in total. The number of nitrogens with one attached hydrogen (secondary N) is 1. The van der Waals surface area contributed by atoms with Crippen molar-refractivity contribution in [3.63, 3.8) is 0 Å². The van der Waals surface area contributed by atoms with Crippen LogP contribution in [0.3, 0.4) is 0 Å². The molecule has 0 heterocycles. The third-order valence-electron chi connectivity index (χ3n) is 2.97. The highest BCUT2D eigenvalue weighted by Crippen LogP contribution is 2.35. The lowest BCUT2D eigenvalue weighted by atomic mass is 10.2. The van der Waals surface area contributed by atoms with Gasteiger partial charge in [-0.1, -0.05) is 11.6 Å². The largest absolute Gasteiger partial charge is 0.496 e. The first-order valence-electron chi connectivity index (χ1n) is 6.27. The number of benzene rings is 2. The van der Waals surface area contributed by atoms with E-state index in [0.717, 1.165) is 12.1 Å². The lowest BCUT2D eigenvalue weighted by molar-refractivity contribution is -0.137. The average molecular weight is 445 g/mol. The van der Waals surface area contributed by atoms with Crippen LogP contribution >= 0.6 is 27.5 Å². The molecule has 0 aliphatic carbocycles. The fraction of sp³-hybridized carbons (Fsp3) is 0.143. The summed E-state index contributed by atoms with van der Waals surface area (Å²) in [5, 5.41) is -0.154. The zero-order chi connectivity index (χ0) is 18.1. The van der Waals surface area contributed by atoms with Gasteiger partial charge in [0.05, 0.1) is 32.8 Å². The number of hydrogen-bond donors (Lipinski definition) is 1. The summed E-state index contributed by atoms with van der Waals surface area (Å²) >= 11 is 8.94. The number of halogens is 5. The molecule has 0 aromatic heterocycles. The van der Waals surface area contributed by atoms with Crippen LogP contribution in [0.25, 0.3) is 0 Å². The van der Waals surface area contributed by atoms with Crippen LogP contribution in [0.4, 0.5) is 18.9 Å². The Morgan fingerprint density at radius 1 is 1.17 bits per heavy atom. The highest BCUT2D eigenvalue weighted by atomic mass is 79.9. The van der Waals surface area contributed by atoms with Crippen LogP contribution in [0.5, 0.6) is 5.75 Å². The highest BCUT2D eigenvalue weighted by Gasteiger charge is 2.31. The summed E-state index contributed by atoms with van der Waals surface area (Å²) in [5.41, 5.74) is -1.38. The molecule has 0 unspecified atom stereocenters. The summed E-state index contributed by atoms with van der Waals surface area (Å²) in [6.07, 6.45) is -4.62. The van der Waals surface area contributed by atoms with Crippen LogP contribution in [0, 0.1) is 0 Å². The Balaban J connectivity index is 2.41. The van der Waals surface area contributed by atoms with Crippen molar-refractivity contribution in [3.8, 4) is 5.75 Å². The van der Waals surface area contributed by atoms with E-state index in [2.05, 4.69) is 20.7 Å². The van der Waals surface area contributed by atoms with Crippen LogP contribution in [0.1, 0.15) is 5.56 Å². The number of anilines is 1. The number of alkyl halides is 3. The molecule has 0 bridgehead atoms. The van der Waals surface area contributed by atoms with E-state index >= 15 is 0 Å². The van der Waals surface area contributed by atoms with Crippen LogP contribution in [0.2, 0.25) is 5.02 Å². The number of sulfonamides is 1. The molecule has 0 radical (unpaired) electrons. The summed E-state index contributed by atoms with van der Waals surface area (Å²) in [5.74, 6) is 0.408. The Hall–Kier alpha value is -1.45. The second-order valence-corrected chi connectivity index (χ2v) is 7.54. The SMILES string of the molecule is COc1ccc(S(=O)(=O)Nc2cc(C(F)(F)F)ccc2Cl)cc1Br. The Morgan fingerprint density at radius 2 is 1.83 bits per heavy atom. The highest BCUT2D eigenvalue weighted by molar-refractivity contribution is 9.10. The van der Waals surface area contributed by atoms with Gasteiger partial charge < -0.3 is 4.74 Å². The van der Waals surface area contributed by atoms with Gasteiger partial charge in [-0.25, -0.2) is 8.42 Å². The molecule has 0 atom stereocenters. The zero-order valence-corrected chi connectivity index (χ0v) is 15.1. The maximum absolute atomic E-state index is 12.8. The molecule has 0 saturated heterocycles. The lowest BCUT2D eigenvalue weighted by Crippen LogP contribution is -2.14. The predicted octanol–water partition coefficient (Wildman–Crippen LogP) is 4.93. The number of ether oxygens (including phenoxy) is 1. The maximum atomic E-state index is 12.8. The van der Waals surface area contributed by atoms with E-state index in [0.29, 0.717) is 16.3 Å². The molecule has 0 amide bonds. The molecule has 0 saturated carbocycles. The van der Waals surface area contributed by atoms with Gasteiger partial charge in [0.25, 0.3) is 10.0 Å². The Kier molecular flexibility index (Phi) is 5.36. The molecular weight excluding hydrogens is 435 g/mol. The van der Waals surface area contributed by atoms with Crippen molar-refractivity contribution >= 4 is 43.2 Å². The minimum Gasteiger partial charge on any atom is -0.496 e. The van der Waals surface area contributed by atoms with Crippen molar-refractivity contribution in [3.05, 3.63) is 51.5 Å². The van der Waals surface area contributed by atoms with Crippen molar-refractivity contribution in [1.82, 2.24) is 0 Å². The molecule has 0 aliphatic heterocycles. The van der Waals surface area contributed by atoms with Crippen molar-refractivity contribution in [2.24, 2.45) is 0 Å². The van der Waals surface area contributed by atoms with Crippen molar-refractivity contribution in [2.75, 3.05) is 11.8 Å². The standard InChI is InChI=1S/C14H10BrClF3NO3S/c1-23-13-5-3-9(7-10(13)15)24(21,22)20-12-6-8(14(17,18)19)2-4-11(12)16/h2-7,20H,1H3. The minimum absolute atomic E-state index is 0.154. The van der Waals surface area contributed by atoms with Crippen molar-refractivity contribution < 1.29 is 26.3 Å². The first-order valence-corrected chi connectivity index (χ1v) is 8.93. The van der Waals surface area contributed by atoms with E-state index in [1.807, 2.05) is 0 Å². The quantitative estimate of drug-likeness (QED) is 0.727. The fourth-order valence-corrected chi connectivity index (χ4v) is 3.81. The third-order valence-corrected chi connectivity index (χ3v) is 5.28. The molecule has 2 rings (SSSR count). The number of methoxy groups -OCH3 is 1. The minimum atomic E-state index is -4.62. The van der Waals surface area contributed by atoms with Gasteiger partial charge in [0.1, 0.15) is 5.75 Å². The first-order chi connectivity index (χ1) is 11.0. The summed E-state index contributed by atoms with van der Waals surface area (Å²) < 4.78 is 70.4. The second-order valence-electron chi connectivity index (χ2n) is 4.59. The van der Waals surface area contributed by atoms with Gasteiger partial charge in [-0.05, 0) is 52.3 Å². The normalized spacial score (nSPS) is 12.1. The first kappa shape index (κ1) is 18.9. The summed E-state index contributed by atoms with van der Waals surface area (Å²) in [7, 11) is -2.72. The molecule has 0 fully saturated rings. The molecule has 2 aromatic carbocycles. The smallest absolute Gasteiger partial charge is 0.416 e. The monoisotopic (exact) mass is 443 g/mol. The second kappa shape index (κ2) is 6.81. The number of rotatable bonds is 4. The molecule has 10 heteroatoms. The van der Waals surface area contributed by atoms with Crippen LogP contribution < -0.4 is 9.46 Å². The number of hydrogen-bond acceptors (Lipinski definition) is 3. The maximum Gasteiger partial charge on any atom is 0.416 e. The van der Waals surface area contributed by atoms with Crippen molar-refractivity contribution in [2.45, 2.75) is 11.1 Å². The van der Waals surface area contributed by atoms with Gasteiger partial charge in [-0.2, -0.15) is 13.2 Å². The molecule has 1 N–H and O–H groups in total. The van der Waals surface area contributed by atoms with E-state index in [1.54, 1.807) is 0 Å². The molecule has 2 aromatic rings. The third kappa shape index (κ3) is 4.14. The molecular formula is C14H10BrClF3NO3S. The van der Waals surface area contributed by atoms with Gasteiger partial charge in [0.2, 0.25) is 0 Å². The molecule has 24 heavy (non-hydrogen) atoms. The van der Waals surface area contributed by atoms with E-state index in [4.69, 9.17) is 16.3 Å². The van der Waals surface area contributed by atoms with Crippen LogP contribution in [0.15, 0.2) is 45.8 Å². The van der Waals surface area contributed by atoms with Gasteiger partial charge in [0.15, 0.2) is 0 Å². The zero-order valence-electron chi connectivity index (χ0n) is 12.0. The van der Waals surface area contributed by atoms with Gasteiger partial charge in [-0.15, -0.1) is 0 Å². The van der Waals surface area contributed by atoms with E-state index in [-0.39, 0.29) is 15.6 Å². The summed E-state index contributed by atoms with van der Waals surface area (Å²) in [6, 6.07) is 6.32. The fourth-order valence-electron chi connectivity index (χ4n) is 1.80. The van der Waals surface area contributed by atoms with E-state index < -0.39 is 21.8 Å². The van der Waals surface area contributed by atoms with Gasteiger partial charge in [0, 0.05) is 0 Å². The Labute approximate surface area is 149 Å². The van der Waals surface area contributed by atoms with Gasteiger partial charge >= 0.3 is 6.18 Å². The molecule has 0 aliphatic rings. The molecule has 0 spiro atoms. The average Bonchev–Trinajstić information content (AvgIpc) is 2.48. The van der Waals surface area contributed by atoms with Gasteiger partial charge in [-0.3, -0.25) is 4.72 Å². The topological polar surface area (TPSA) is 55.4 Å². The van der Waals surface area contributed by atoms with Crippen LogP contribution in [-0.4, -0.2) is 15.5 Å². The van der Waals surface area contributed by atoms with E-state index in [1.165, 1.54) is 25.3 Å². The Bertz CT molecular complexity index is 872. The summed E-state index contributed by atoms with van der Waals surface area (Å²) in [4.78, 5) is -0.163. The molecule has 130 valence electrons.